The quantitative estimate of drug-likeness (QED) is 0.489. The van der Waals surface area contributed by atoms with Crippen molar-refractivity contribution < 1.29 is 19.5 Å². The fourth-order valence-corrected chi connectivity index (χ4v) is 4.73. The number of anilines is 1. The highest BCUT2D eigenvalue weighted by Gasteiger charge is 2.42. The average Bonchev–Trinajstić information content (AvgIpc) is 3.11. The zero-order valence-electron chi connectivity index (χ0n) is 13.6. The van der Waals surface area contributed by atoms with Gasteiger partial charge in [-0.2, -0.15) is 11.8 Å². The van der Waals surface area contributed by atoms with Gasteiger partial charge in [0.05, 0.1) is 18.1 Å². The highest BCUT2D eigenvalue weighted by atomic mass is 32.2. The van der Waals surface area contributed by atoms with Crippen LogP contribution in [0.3, 0.4) is 0 Å². The van der Waals surface area contributed by atoms with Crippen molar-refractivity contribution in [3.05, 3.63) is 29.8 Å². The van der Waals surface area contributed by atoms with Crippen LogP contribution < -0.4 is 21.1 Å². The van der Waals surface area contributed by atoms with Gasteiger partial charge in [0.25, 0.3) is 0 Å². The van der Waals surface area contributed by atoms with Gasteiger partial charge in [-0.15, -0.1) is 0 Å². The molecule has 7 nitrogen and oxygen atoms in total. The monoisotopic (exact) mass is 362 g/mol. The standard InChI is InChI=1S/C17H21N3O4S/c21-14(18-11-7-5-10(6-8-11)16(22)23)4-2-1-3-13-15-12(9-25-13)19-17(24)20-15/h5-8,12-13,15H,1-4,9H2,(H,18,21)(H,22,23)(H2,19,20,24)/p-1/t12?,13-,15?/m0/s1. The van der Waals surface area contributed by atoms with Crippen LogP contribution in [0.1, 0.15) is 36.0 Å². The van der Waals surface area contributed by atoms with Gasteiger partial charge >= 0.3 is 6.03 Å². The smallest absolute Gasteiger partial charge is 0.315 e. The third-order valence-electron chi connectivity index (χ3n) is 4.48. The van der Waals surface area contributed by atoms with Crippen molar-refractivity contribution in [1.82, 2.24) is 10.6 Å². The van der Waals surface area contributed by atoms with Crippen molar-refractivity contribution in [2.24, 2.45) is 0 Å². The second-order valence-electron chi connectivity index (χ2n) is 6.28. The Balaban J connectivity index is 1.35. The number of rotatable bonds is 7. The number of thioether (sulfide) groups is 1. The van der Waals surface area contributed by atoms with E-state index >= 15 is 0 Å². The Labute approximate surface area is 149 Å². The van der Waals surface area contributed by atoms with E-state index in [2.05, 4.69) is 16.0 Å². The first-order chi connectivity index (χ1) is 12.0. The lowest BCUT2D eigenvalue weighted by Crippen LogP contribution is -2.36. The molecule has 3 rings (SSSR count). The highest BCUT2D eigenvalue weighted by Crippen LogP contribution is 2.33. The first-order valence-electron chi connectivity index (χ1n) is 8.33. The number of unbranched alkanes of at least 4 members (excludes halogenated alkanes) is 1. The summed E-state index contributed by atoms with van der Waals surface area (Å²) < 4.78 is 0. The SMILES string of the molecule is O=C(CCCC[C@@H]1SCC2NC(=O)NC21)Nc1ccc(C(=O)[O-])cc1. The summed E-state index contributed by atoms with van der Waals surface area (Å²) in [5.74, 6) is -0.385. The molecule has 1 aromatic rings. The number of benzene rings is 1. The Morgan fingerprint density at radius 3 is 2.68 bits per heavy atom. The minimum Gasteiger partial charge on any atom is -0.545 e. The zero-order valence-corrected chi connectivity index (χ0v) is 14.4. The van der Waals surface area contributed by atoms with Crippen molar-refractivity contribution in [3.63, 3.8) is 0 Å². The maximum atomic E-state index is 11.9. The van der Waals surface area contributed by atoms with E-state index in [0.717, 1.165) is 25.0 Å². The van der Waals surface area contributed by atoms with Crippen LogP contribution in [0.5, 0.6) is 0 Å². The molecule has 0 radical (unpaired) electrons. The molecule has 3 amide bonds. The molecule has 0 aliphatic carbocycles. The number of carboxylic acid groups (broad SMARTS) is 1. The minimum atomic E-state index is -1.24. The van der Waals surface area contributed by atoms with E-state index in [9.17, 15) is 19.5 Å². The molecule has 2 unspecified atom stereocenters. The van der Waals surface area contributed by atoms with Crippen LogP contribution in [0, 0.1) is 0 Å². The number of hydrogen-bond acceptors (Lipinski definition) is 5. The van der Waals surface area contributed by atoms with E-state index in [4.69, 9.17) is 0 Å². The summed E-state index contributed by atoms with van der Waals surface area (Å²) in [6.07, 6.45) is 3.09. The van der Waals surface area contributed by atoms with Crippen molar-refractivity contribution in [3.8, 4) is 0 Å². The van der Waals surface area contributed by atoms with Crippen LogP contribution >= 0.6 is 11.8 Å². The third-order valence-corrected chi connectivity index (χ3v) is 5.99. The summed E-state index contributed by atoms with van der Waals surface area (Å²) in [6, 6.07) is 6.26. The number of hydrogen-bond donors (Lipinski definition) is 3. The van der Waals surface area contributed by atoms with Gasteiger partial charge in [0, 0.05) is 23.1 Å². The second kappa shape index (κ2) is 7.77. The van der Waals surface area contributed by atoms with Crippen molar-refractivity contribution in [2.75, 3.05) is 11.1 Å². The Kier molecular flexibility index (Phi) is 5.47. The largest absolute Gasteiger partial charge is 0.545 e. The molecule has 2 saturated heterocycles. The Morgan fingerprint density at radius 1 is 1.20 bits per heavy atom. The third kappa shape index (κ3) is 4.45. The molecule has 25 heavy (non-hydrogen) atoms. The van der Waals surface area contributed by atoms with Crippen molar-refractivity contribution in [2.45, 2.75) is 43.0 Å². The van der Waals surface area contributed by atoms with Gasteiger partial charge in [0.15, 0.2) is 0 Å². The molecule has 8 heteroatoms. The van der Waals surface area contributed by atoms with Crippen molar-refractivity contribution >= 4 is 35.4 Å². The van der Waals surface area contributed by atoms with Gasteiger partial charge < -0.3 is 25.9 Å². The normalized spacial score (nSPS) is 24.3. The first kappa shape index (κ1) is 17.6. The molecular formula is C17H20N3O4S-. The predicted molar refractivity (Wildman–Crippen MR) is 93.4 cm³/mol. The van der Waals surface area contributed by atoms with Crippen LogP contribution in [0.4, 0.5) is 10.5 Å². The summed E-state index contributed by atoms with van der Waals surface area (Å²) in [5.41, 5.74) is 0.655. The summed E-state index contributed by atoms with van der Waals surface area (Å²) in [5, 5.41) is 19.7. The van der Waals surface area contributed by atoms with Crippen LogP contribution in [-0.2, 0) is 4.79 Å². The van der Waals surface area contributed by atoms with Gasteiger partial charge in [-0.05, 0) is 30.5 Å². The predicted octanol–water partition coefficient (Wildman–Crippen LogP) is 0.714. The molecule has 3 atom stereocenters. The molecule has 2 fully saturated rings. The number of fused-ring (bicyclic) bond motifs is 1. The number of aromatic carboxylic acids is 1. The summed E-state index contributed by atoms with van der Waals surface area (Å²) in [4.78, 5) is 34.0. The van der Waals surface area contributed by atoms with Crippen LogP contribution in [0.25, 0.3) is 0 Å². The minimum absolute atomic E-state index is 0.0793. The lowest BCUT2D eigenvalue weighted by Gasteiger charge is -2.16. The molecule has 0 saturated carbocycles. The molecule has 2 heterocycles. The van der Waals surface area contributed by atoms with E-state index in [-0.39, 0.29) is 29.6 Å². The number of carboxylic acids is 1. The molecule has 0 bridgehead atoms. The average molecular weight is 362 g/mol. The molecule has 0 aromatic heterocycles. The fourth-order valence-electron chi connectivity index (χ4n) is 3.19. The van der Waals surface area contributed by atoms with E-state index < -0.39 is 5.97 Å². The molecule has 134 valence electrons. The van der Waals surface area contributed by atoms with Gasteiger partial charge in [0.1, 0.15) is 0 Å². The summed E-state index contributed by atoms with van der Waals surface area (Å²) in [6.45, 7) is 0. The lowest BCUT2D eigenvalue weighted by atomic mass is 10.0. The van der Waals surface area contributed by atoms with Gasteiger partial charge in [0.2, 0.25) is 5.91 Å². The topological polar surface area (TPSA) is 110 Å². The molecule has 0 spiro atoms. The molecular weight excluding hydrogens is 342 g/mol. The van der Waals surface area contributed by atoms with Crippen LogP contribution in [0.2, 0.25) is 0 Å². The lowest BCUT2D eigenvalue weighted by molar-refractivity contribution is -0.255. The number of carbonyl (C=O) groups excluding carboxylic acids is 3. The van der Waals surface area contributed by atoms with Gasteiger partial charge in [-0.3, -0.25) is 4.79 Å². The summed E-state index contributed by atoms with van der Waals surface area (Å²) >= 11 is 1.87. The van der Waals surface area contributed by atoms with Gasteiger partial charge in [-0.25, -0.2) is 4.79 Å². The number of amides is 3. The number of carbonyl (C=O) groups is 3. The van der Waals surface area contributed by atoms with E-state index in [1.165, 1.54) is 12.1 Å². The van der Waals surface area contributed by atoms with Gasteiger partial charge in [-0.1, -0.05) is 18.6 Å². The maximum absolute atomic E-state index is 11.9. The maximum Gasteiger partial charge on any atom is 0.315 e. The Bertz CT molecular complexity index is 664. The molecule has 1 aromatic carbocycles. The molecule has 2 aliphatic rings. The number of urea groups is 1. The fraction of sp³-hybridized carbons (Fsp3) is 0.471. The summed E-state index contributed by atoms with van der Waals surface area (Å²) in [7, 11) is 0. The Morgan fingerprint density at radius 2 is 1.96 bits per heavy atom. The van der Waals surface area contributed by atoms with Crippen LogP contribution in [0.15, 0.2) is 24.3 Å². The van der Waals surface area contributed by atoms with E-state index in [1.54, 1.807) is 12.1 Å². The van der Waals surface area contributed by atoms with E-state index in [1.807, 2.05) is 11.8 Å². The number of nitrogens with one attached hydrogen (secondary N) is 3. The van der Waals surface area contributed by atoms with Crippen LogP contribution in [-0.4, -0.2) is 41.0 Å². The van der Waals surface area contributed by atoms with E-state index in [0.29, 0.717) is 17.4 Å². The highest BCUT2D eigenvalue weighted by molar-refractivity contribution is 8.00. The zero-order chi connectivity index (χ0) is 17.8. The molecule has 3 N–H and O–H groups in total. The molecule has 2 aliphatic heterocycles. The van der Waals surface area contributed by atoms with Crippen molar-refractivity contribution in [1.29, 1.82) is 0 Å². The second-order valence-corrected chi connectivity index (χ2v) is 7.55. The first-order valence-corrected chi connectivity index (χ1v) is 9.38. The Hall–Kier alpha value is -2.22.